The number of hydrogen-bond donors (Lipinski definition) is 1. The van der Waals surface area contributed by atoms with E-state index in [1.165, 1.54) is 5.56 Å². The molecular weight excluding hydrogens is 186 g/mol. The van der Waals surface area contributed by atoms with Crippen LogP contribution in [0, 0.1) is 0 Å². The Balaban J connectivity index is 3.08. The maximum Gasteiger partial charge on any atom is 0.123 e. The number of ether oxygens (including phenoxy) is 1. The summed E-state index contributed by atoms with van der Waals surface area (Å²) in [4.78, 5) is 0. The molecule has 2 nitrogen and oxygen atoms in total. The second-order valence-electron chi connectivity index (χ2n) is 4.71. The molecule has 0 saturated heterocycles. The highest BCUT2D eigenvalue weighted by Gasteiger charge is 2.15. The minimum Gasteiger partial charge on any atom is -0.494 e. The molecular formula is C13H21NO. The van der Waals surface area contributed by atoms with Crippen LogP contribution in [0.3, 0.4) is 0 Å². The van der Waals surface area contributed by atoms with Gasteiger partial charge in [-0.25, -0.2) is 0 Å². The Hall–Kier alpha value is -1.02. The summed E-state index contributed by atoms with van der Waals surface area (Å²) in [5, 5.41) is 0. The fourth-order valence-electron chi connectivity index (χ4n) is 1.50. The summed E-state index contributed by atoms with van der Waals surface area (Å²) in [5.74, 6) is 0.910. The van der Waals surface area contributed by atoms with Crippen LogP contribution in [0.25, 0.3) is 0 Å². The second kappa shape index (κ2) is 4.67. The molecule has 15 heavy (non-hydrogen) atoms. The van der Waals surface area contributed by atoms with Crippen LogP contribution in [0.5, 0.6) is 5.75 Å². The molecule has 0 radical (unpaired) electrons. The van der Waals surface area contributed by atoms with E-state index in [1.54, 1.807) is 0 Å². The van der Waals surface area contributed by atoms with Crippen molar-refractivity contribution in [3.63, 3.8) is 0 Å². The molecule has 0 fully saturated rings. The van der Waals surface area contributed by atoms with Crippen LogP contribution < -0.4 is 10.5 Å². The van der Waals surface area contributed by atoms with Crippen LogP contribution in [-0.2, 0) is 12.0 Å². The topological polar surface area (TPSA) is 35.2 Å². The molecule has 0 atom stereocenters. The third-order valence-electron chi connectivity index (χ3n) is 2.45. The van der Waals surface area contributed by atoms with Gasteiger partial charge in [0.2, 0.25) is 0 Å². The first-order valence-corrected chi connectivity index (χ1v) is 5.45. The van der Waals surface area contributed by atoms with Crippen LogP contribution in [0.2, 0.25) is 0 Å². The maximum atomic E-state index is 5.71. The Bertz CT molecular complexity index is 326. The Morgan fingerprint density at radius 3 is 2.40 bits per heavy atom. The van der Waals surface area contributed by atoms with Gasteiger partial charge in [0.05, 0.1) is 6.61 Å². The Morgan fingerprint density at radius 2 is 1.93 bits per heavy atom. The monoisotopic (exact) mass is 207 g/mol. The lowest BCUT2D eigenvalue weighted by molar-refractivity contribution is 0.336. The van der Waals surface area contributed by atoms with Gasteiger partial charge in [-0.2, -0.15) is 0 Å². The van der Waals surface area contributed by atoms with Crippen LogP contribution in [0.1, 0.15) is 38.8 Å². The van der Waals surface area contributed by atoms with Crippen LogP contribution in [0.15, 0.2) is 18.2 Å². The highest BCUT2D eigenvalue weighted by molar-refractivity contribution is 5.39. The lowest BCUT2D eigenvalue weighted by Gasteiger charge is -2.21. The Morgan fingerprint density at radius 1 is 1.27 bits per heavy atom. The van der Waals surface area contributed by atoms with E-state index in [9.17, 15) is 0 Å². The minimum absolute atomic E-state index is 0.161. The molecule has 1 rings (SSSR count). The number of rotatable bonds is 3. The van der Waals surface area contributed by atoms with Crippen molar-refractivity contribution >= 4 is 0 Å². The molecule has 1 aromatic carbocycles. The molecule has 0 aromatic heterocycles. The molecule has 2 N–H and O–H groups in total. The first kappa shape index (κ1) is 12.1. The number of hydrogen-bond acceptors (Lipinski definition) is 2. The van der Waals surface area contributed by atoms with Crippen molar-refractivity contribution in [2.75, 3.05) is 6.61 Å². The molecule has 1 aromatic rings. The molecule has 0 bridgehead atoms. The van der Waals surface area contributed by atoms with Gasteiger partial charge in [-0.05, 0) is 24.0 Å². The molecule has 84 valence electrons. The summed E-state index contributed by atoms with van der Waals surface area (Å²) < 4.78 is 5.52. The predicted molar refractivity (Wildman–Crippen MR) is 64.2 cm³/mol. The van der Waals surface area contributed by atoms with Crippen LogP contribution in [0.4, 0.5) is 0 Å². The third-order valence-corrected chi connectivity index (χ3v) is 2.45. The standard InChI is InChI=1S/C13H21NO/c1-5-15-12-7-6-11(13(2,3)4)8-10(12)9-14/h6-8H,5,9,14H2,1-4H3. The summed E-state index contributed by atoms with van der Waals surface area (Å²) in [6.45, 7) is 9.79. The summed E-state index contributed by atoms with van der Waals surface area (Å²) in [7, 11) is 0. The molecule has 0 spiro atoms. The number of nitrogens with two attached hydrogens (primary N) is 1. The van der Waals surface area contributed by atoms with E-state index in [1.807, 2.05) is 13.0 Å². The van der Waals surface area contributed by atoms with Gasteiger partial charge >= 0.3 is 0 Å². The minimum atomic E-state index is 0.161. The zero-order chi connectivity index (χ0) is 11.5. The smallest absolute Gasteiger partial charge is 0.123 e. The second-order valence-corrected chi connectivity index (χ2v) is 4.71. The van der Waals surface area contributed by atoms with E-state index in [2.05, 4.69) is 32.9 Å². The van der Waals surface area contributed by atoms with Gasteiger partial charge in [0.15, 0.2) is 0 Å². The molecule has 0 heterocycles. The van der Waals surface area contributed by atoms with Gasteiger partial charge in [0.25, 0.3) is 0 Å². The lowest BCUT2D eigenvalue weighted by atomic mass is 9.86. The summed E-state index contributed by atoms with van der Waals surface area (Å²) >= 11 is 0. The van der Waals surface area contributed by atoms with Crippen molar-refractivity contribution < 1.29 is 4.74 Å². The van der Waals surface area contributed by atoms with Gasteiger partial charge < -0.3 is 10.5 Å². The van der Waals surface area contributed by atoms with E-state index >= 15 is 0 Å². The maximum absolute atomic E-state index is 5.71. The Kier molecular flexibility index (Phi) is 3.75. The fourth-order valence-corrected chi connectivity index (χ4v) is 1.50. The highest BCUT2D eigenvalue weighted by atomic mass is 16.5. The first-order chi connectivity index (χ1) is 6.99. The van der Waals surface area contributed by atoms with E-state index in [4.69, 9.17) is 10.5 Å². The van der Waals surface area contributed by atoms with Crippen molar-refractivity contribution in [3.8, 4) is 5.75 Å². The van der Waals surface area contributed by atoms with Crippen LogP contribution in [-0.4, -0.2) is 6.61 Å². The van der Waals surface area contributed by atoms with Gasteiger partial charge in [0, 0.05) is 12.1 Å². The highest BCUT2D eigenvalue weighted by Crippen LogP contribution is 2.27. The molecule has 0 amide bonds. The van der Waals surface area contributed by atoms with E-state index in [0.29, 0.717) is 13.2 Å². The molecule has 0 aliphatic carbocycles. The third kappa shape index (κ3) is 2.96. The molecule has 0 saturated carbocycles. The van der Waals surface area contributed by atoms with Crippen molar-refractivity contribution in [2.24, 2.45) is 5.73 Å². The van der Waals surface area contributed by atoms with Gasteiger partial charge in [-0.1, -0.05) is 32.9 Å². The van der Waals surface area contributed by atoms with Crippen molar-refractivity contribution in [3.05, 3.63) is 29.3 Å². The van der Waals surface area contributed by atoms with Crippen LogP contribution >= 0.6 is 0 Å². The zero-order valence-electron chi connectivity index (χ0n) is 10.1. The SMILES string of the molecule is CCOc1ccc(C(C)(C)C)cc1CN. The summed E-state index contributed by atoms with van der Waals surface area (Å²) in [5.41, 5.74) is 8.26. The zero-order valence-corrected chi connectivity index (χ0v) is 10.1. The molecule has 0 aliphatic heterocycles. The van der Waals surface area contributed by atoms with Crippen molar-refractivity contribution in [1.29, 1.82) is 0 Å². The van der Waals surface area contributed by atoms with Crippen molar-refractivity contribution in [2.45, 2.75) is 39.7 Å². The van der Waals surface area contributed by atoms with E-state index < -0.39 is 0 Å². The van der Waals surface area contributed by atoms with Crippen molar-refractivity contribution in [1.82, 2.24) is 0 Å². The van der Waals surface area contributed by atoms with Gasteiger partial charge in [0.1, 0.15) is 5.75 Å². The molecule has 0 unspecified atom stereocenters. The fraction of sp³-hybridized carbons (Fsp3) is 0.538. The average molecular weight is 207 g/mol. The van der Waals surface area contributed by atoms with E-state index in [0.717, 1.165) is 11.3 Å². The molecule has 2 heteroatoms. The lowest BCUT2D eigenvalue weighted by Crippen LogP contribution is -2.12. The summed E-state index contributed by atoms with van der Waals surface area (Å²) in [6, 6.07) is 6.28. The largest absolute Gasteiger partial charge is 0.494 e. The average Bonchev–Trinajstić information content (AvgIpc) is 2.17. The van der Waals surface area contributed by atoms with Gasteiger partial charge in [-0.3, -0.25) is 0 Å². The normalized spacial score (nSPS) is 11.5. The first-order valence-electron chi connectivity index (χ1n) is 5.45. The number of benzene rings is 1. The Labute approximate surface area is 92.4 Å². The quantitative estimate of drug-likeness (QED) is 0.827. The predicted octanol–water partition coefficient (Wildman–Crippen LogP) is 2.84. The van der Waals surface area contributed by atoms with Gasteiger partial charge in [-0.15, -0.1) is 0 Å². The summed E-state index contributed by atoms with van der Waals surface area (Å²) in [6.07, 6.45) is 0. The molecule has 0 aliphatic rings. The van der Waals surface area contributed by atoms with E-state index in [-0.39, 0.29) is 5.41 Å².